The summed E-state index contributed by atoms with van der Waals surface area (Å²) in [6.07, 6.45) is 0.749. The molecule has 0 fully saturated rings. The zero-order chi connectivity index (χ0) is 16.7. The Morgan fingerprint density at radius 2 is 1.96 bits per heavy atom. The first-order valence-corrected chi connectivity index (χ1v) is 7.82. The molecule has 7 heteroatoms. The number of amides is 1. The molecule has 1 N–H and O–H groups in total. The van der Waals surface area contributed by atoms with Gasteiger partial charge in [-0.25, -0.2) is 9.18 Å². The molecule has 0 spiro atoms. The maximum atomic E-state index is 12.7. The van der Waals surface area contributed by atoms with E-state index in [4.69, 9.17) is 4.74 Å². The maximum absolute atomic E-state index is 12.7. The van der Waals surface area contributed by atoms with Gasteiger partial charge in [0.1, 0.15) is 16.4 Å². The molecule has 0 bridgehead atoms. The predicted molar refractivity (Wildman–Crippen MR) is 85.4 cm³/mol. The molecule has 23 heavy (non-hydrogen) atoms. The second kappa shape index (κ2) is 8.28. The third-order valence-electron chi connectivity index (χ3n) is 2.94. The number of halogens is 1. The molecule has 0 aliphatic carbocycles. The van der Waals surface area contributed by atoms with Crippen molar-refractivity contribution in [3.63, 3.8) is 0 Å². The Hall–Kier alpha value is -2.41. The van der Waals surface area contributed by atoms with Crippen LogP contribution in [0.15, 0.2) is 35.7 Å². The smallest absolute Gasteiger partial charge is 0.350 e. The van der Waals surface area contributed by atoms with E-state index in [1.807, 2.05) is 0 Å². The van der Waals surface area contributed by atoms with Crippen LogP contribution in [0.4, 0.5) is 10.1 Å². The number of ether oxygens (including phenoxy) is 2. The molecule has 122 valence electrons. The molecule has 0 unspecified atom stereocenters. The average Bonchev–Trinajstić information content (AvgIpc) is 3.00. The molecule has 0 saturated carbocycles. The van der Waals surface area contributed by atoms with Crippen LogP contribution >= 0.6 is 11.3 Å². The molecule has 1 amide bonds. The highest BCUT2D eigenvalue weighted by atomic mass is 32.1. The fourth-order valence-corrected chi connectivity index (χ4v) is 2.59. The summed E-state index contributed by atoms with van der Waals surface area (Å²) >= 11 is 1.21. The molecular formula is C16H16FNO4S. The van der Waals surface area contributed by atoms with Gasteiger partial charge >= 0.3 is 5.97 Å². The number of benzene rings is 1. The van der Waals surface area contributed by atoms with E-state index in [0.717, 1.165) is 0 Å². The lowest BCUT2D eigenvalue weighted by Crippen LogP contribution is -2.14. The Morgan fingerprint density at radius 3 is 2.65 bits per heavy atom. The van der Waals surface area contributed by atoms with E-state index >= 15 is 0 Å². The van der Waals surface area contributed by atoms with Crippen LogP contribution < -0.4 is 10.1 Å². The summed E-state index contributed by atoms with van der Waals surface area (Å²) in [5.74, 6) is -0.460. The standard InChI is InChI=1S/C16H16FNO4S/c1-21-16(20)15-13(8-10-23-15)18-14(19)3-2-9-22-12-6-4-11(17)5-7-12/h4-8,10H,2-3,9H2,1H3,(H,18,19). The SMILES string of the molecule is COC(=O)c1sccc1NC(=O)CCCOc1ccc(F)cc1. The lowest BCUT2D eigenvalue weighted by atomic mass is 10.3. The van der Waals surface area contributed by atoms with Crippen molar-refractivity contribution in [1.82, 2.24) is 0 Å². The maximum Gasteiger partial charge on any atom is 0.350 e. The zero-order valence-electron chi connectivity index (χ0n) is 12.5. The van der Waals surface area contributed by atoms with Crippen molar-refractivity contribution in [3.8, 4) is 5.75 Å². The molecule has 2 rings (SSSR count). The van der Waals surface area contributed by atoms with Crippen LogP contribution in [0.5, 0.6) is 5.75 Å². The van der Waals surface area contributed by atoms with Crippen LogP contribution in [0, 0.1) is 5.82 Å². The minimum Gasteiger partial charge on any atom is -0.494 e. The number of anilines is 1. The number of nitrogens with one attached hydrogen (secondary N) is 1. The summed E-state index contributed by atoms with van der Waals surface area (Å²) in [5, 5.41) is 4.39. The van der Waals surface area contributed by atoms with Crippen molar-refractivity contribution in [3.05, 3.63) is 46.4 Å². The lowest BCUT2D eigenvalue weighted by Gasteiger charge is -2.07. The lowest BCUT2D eigenvalue weighted by molar-refractivity contribution is -0.116. The molecule has 0 aliphatic rings. The largest absolute Gasteiger partial charge is 0.494 e. The Morgan fingerprint density at radius 1 is 1.22 bits per heavy atom. The van der Waals surface area contributed by atoms with Crippen molar-refractivity contribution < 1.29 is 23.5 Å². The number of carbonyl (C=O) groups excluding carboxylic acids is 2. The summed E-state index contributed by atoms with van der Waals surface area (Å²) in [7, 11) is 1.29. The molecule has 1 aromatic heterocycles. The number of esters is 1. The van der Waals surface area contributed by atoms with Gasteiger partial charge in [0, 0.05) is 6.42 Å². The first-order valence-electron chi connectivity index (χ1n) is 6.94. The van der Waals surface area contributed by atoms with Crippen molar-refractivity contribution in [2.45, 2.75) is 12.8 Å². The van der Waals surface area contributed by atoms with E-state index in [-0.39, 0.29) is 18.1 Å². The quantitative estimate of drug-likeness (QED) is 0.621. The Kier molecular flexibility index (Phi) is 6.10. The third-order valence-corrected chi connectivity index (χ3v) is 3.84. The summed E-state index contributed by atoms with van der Waals surface area (Å²) in [4.78, 5) is 23.7. The van der Waals surface area contributed by atoms with E-state index in [9.17, 15) is 14.0 Å². The highest BCUT2D eigenvalue weighted by Gasteiger charge is 2.15. The number of hydrogen-bond donors (Lipinski definition) is 1. The third kappa shape index (κ3) is 5.07. The fourth-order valence-electron chi connectivity index (χ4n) is 1.82. The number of carbonyl (C=O) groups is 2. The molecule has 0 atom stereocenters. The second-order valence-electron chi connectivity index (χ2n) is 4.61. The van der Waals surface area contributed by atoms with Gasteiger partial charge in [0.25, 0.3) is 0 Å². The van der Waals surface area contributed by atoms with Crippen LogP contribution in [0.3, 0.4) is 0 Å². The van der Waals surface area contributed by atoms with Crippen molar-refractivity contribution in [1.29, 1.82) is 0 Å². The van der Waals surface area contributed by atoms with Crippen LogP contribution in [-0.2, 0) is 9.53 Å². The van der Waals surface area contributed by atoms with Crippen LogP contribution in [0.2, 0.25) is 0 Å². The summed E-state index contributed by atoms with van der Waals surface area (Å²) < 4.78 is 22.8. The van der Waals surface area contributed by atoms with Gasteiger partial charge in [-0.05, 0) is 42.1 Å². The van der Waals surface area contributed by atoms with Crippen LogP contribution in [0.25, 0.3) is 0 Å². The van der Waals surface area contributed by atoms with Crippen molar-refractivity contribution in [2.24, 2.45) is 0 Å². The molecule has 2 aromatic rings. The first-order chi connectivity index (χ1) is 11.1. The predicted octanol–water partition coefficient (Wildman–Crippen LogP) is 3.47. The Balaban J connectivity index is 1.74. The van der Waals surface area contributed by atoms with E-state index in [1.54, 1.807) is 11.4 Å². The summed E-state index contributed by atoms with van der Waals surface area (Å²) in [5.41, 5.74) is 0.450. The van der Waals surface area contributed by atoms with Crippen molar-refractivity contribution >= 4 is 28.9 Å². The van der Waals surface area contributed by atoms with E-state index in [0.29, 0.717) is 29.3 Å². The summed E-state index contributed by atoms with van der Waals surface area (Å²) in [6.45, 7) is 0.340. The van der Waals surface area contributed by atoms with E-state index in [2.05, 4.69) is 10.1 Å². The monoisotopic (exact) mass is 337 g/mol. The van der Waals surface area contributed by atoms with Gasteiger partial charge in [0.2, 0.25) is 5.91 Å². The molecule has 0 aliphatic heterocycles. The molecule has 1 aromatic carbocycles. The van der Waals surface area contributed by atoms with Gasteiger partial charge in [-0.2, -0.15) is 0 Å². The van der Waals surface area contributed by atoms with Gasteiger partial charge in [-0.15, -0.1) is 11.3 Å². The van der Waals surface area contributed by atoms with Crippen LogP contribution in [0.1, 0.15) is 22.5 Å². The first kappa shape index (κ1) is 17.0. The van der Waals surface area contributed by atoms with Gasteiger partial charge < -0.3 is 14.8 Å². The Bertz CT molecular complexity index is 669. The van der Waals surface area contributed by atoms with Gasteiger partial charge in [-0.3, -0.25) is 4.79 Å². The summed E-state index contributed by atoms with van der Waals surface area (Å²) in [6, 6.07) is 7.34. The Labute approximate surface area is 137 Å². The second-order valence-corrected chi connectivity index (χ2v) is 5.53. The molecule has 0 saturated heterocycles. The molecular weight excluding hydrogens is 321 g/mol. The van der Waals surface area contributed by atoms with E-state index < -0.39 is 5.97 Å². The molecule has 5 nitrogen and oxygen atoms in total. The number of methoxy groups -OCH3 is 1. The normalized spacial score (nSPS) is 10.2. The number of thiophene rings is 1. The molecule has 0 radical (unpaired) electrons. The highest BCUT2D eigenvalue weighted by Crippen LogP contribution is 2.23. The zero-order valence-corrected chi connectivity index (χ0v) is 13.3. The minimum absolute atomic E-state index is 0.212. The highest BCUT2D eigenvalue weighted by molar-refractivity contribution is 7.12. The number of rotatable bonds is 7. The van der Waals surface area contributed by atoms with Crippen molar-refractivity contribution in [2.75, 3.05) is 19.0 Å². The topological polar surface area (TPSA) is 64.6 Å². The van der Waals surface area contributed by atoms with Gasteiger partial charge in [-0.1, -0.05) is 0 Å². The van der Waals surface area contributed by atoms with E-state index in [1.165, 1.54) is 42.7 Å². The van der Waals surface area contributed by atoms with Gasteiger partial charge in [0.15, 0.2) is 0 Å². The fraction of sp³-hybridized carbons (Fsp3) is 0.250. The van der Waals surface area contributed by atoms with Crippen LogP contribution in [-0.4, -0.2) is 25.6 Å². The number of hydrogen-bond acceptors (Lipinski definition) is 5. The van der Waals surface area contributed by atoms with Gasteiger partial charge in [0.05, 0.1) is 19.4 Å². The average molecular weight is 337 g/mol. The molecule has 1 heterocycles. The minimum atomic E-state index is -0.477.